The largest absolute Gasteiger partial charge is 0.492 e. The fourth-order valence-corrected chi connectivity index (χ4v) is 2.83. The molecule has 0 saturated heterocycles. The number of fused-ring (bicyclic) bond motifs is 1. The Bertz CT molecular complexity index is 671. The monoisotopic (exact) mass is 315 g/mol. The zero-order chi connectivity index (χ0) is 17.0. The first-order valence-corrected chi connectivity index (χ1v) is 8.04. The van der Waals surface area contributed by atoms with Crippen LogP contribution in [0.4, 0.5) is 0 Å². The van der Waals surface area contributed by atoms with Crippen LogP contribution in [0.1, 0.15) is 38.1 Å². The minimum absolute atomic E-state index is 0.302. The van der Waals surface area contributed by atoms with Gasteiger partial charge in [-0.05, 0) is 62.7 Å². The van der Waals surface area contributed by atoms with Gasteiger partial charge in [0.1, 0.15) is 12.4 Å². The van der Waals surface area contributed by atoms with E-state index in [0.717, 1.165) is 23.1 Å². The molecule has 0 fully saturated rings. The summed E-state index contributed by atoms with van der Waals surface area (Å²) in [6.07, 6.45) is 0. The molecule has 4 nitrogen and oxygen atoms in total. The van der Waals surface area contributed by atoms with Crippen LogP contribution in [0.3, 0.4) is 0 Å². The van der Waals surface area contributed by atoms with E-state index in [-0.39, 0.29) is 0 Å². The van der Waals surface area contributed by atoms with Gasteiger partial charge >= 0.3 is 5.97 Å². The molecule has 0 saturated carbocycles. The van der Waals surface area contributed by atoms with Gasteiger partial charge in [-0.25, -0.2) is 4.79 Å². The molecule has 0 aromatic heterocycles. The maximum Gasteiger partial charge on any atom is 0.335 e. The summed E-state index contributed by atoms with van der Waals surface area (Å²) >= 11 is 0. The number of carbonyl (C=O) groups is 1. The molecular weight excluding hydrogens is 290 g/mol. The molecule has 4 heteroatoms. The van der Waals surface area contributed by atoms with Crippen molar-refractivity contribution in [1.82, 2.24) is 4.90 Å². The molecule has 2 aromatic carbocycles. The summed E-state index contributed by atoms with van der Waals surface area (Å²) in [6.45, 7) is 10.3. The average molecular weight is 315 g/mol. The van der Waals surface area contributed by atoms with Gasteiger partial charge in [-0.3, -0.25) is 4.90 Å². The van der Waals surface area contributed by atoms with E-state index in [1.165, 1.54) is 0 Å². The molecule has 0 spiro atoms. The van der Waals surface area contributed by atoms with Crippen molar-refractivity contribution >= 4 is 16.7 Å². The van der Waals surface area contributed by atoms with Gasteiger partial charge in [0.05, 0.1) is 5.56 Å². The third kappa shape index (κ3) is 4.45. The zero-order valence-corrected chi connectivity index (χ0v) is 14.2. The van der Waals surface area contributed by atoms with Gasteiger partial charge < -0.3 is 9.84 Å². The van der Waals surface area contributed by atoms with E-state index in [2.05, 4.69) is 32.6 Å². The van der Waals surface area contributed by atoms with E-state index in [4.69, 9.17) is 9.84 Å². The molecule has 0 heterocycles. The first-order valence-electron chi connectivity index (χ1n) is 8.04. The molecule has 0 amide bonds. The molecule has 0 bridgehead atoms. The predicted octanol–water partition coefficient (Wildman–Crippen LogP) is 4.04. The lowest BCUT2D eigenvalue weighted by atomic mass is 10.1. The number of nitrogens with zero attached hydrogens (tertiary/aromatic N) is 1. The van der Waals surface area contributed by atoms with Gasteiger partial charge in [0.25, 0.3) is 0 Å². The Balaban J connectivity index is 2.04. The average Bonchev–Trinajstić information content (AvgIpc) is 2.50. The van der Waals surface area contributed by atoms with Crippen LogP contribution in [0.2, 0.25) is 0 Å². The molecule has 0 aliphatic rings. The van der Waals surface area contributed by atoms with Crippen LogP contribution in [-0.4, -0.2) is 41.2 Å². The van der Waals surface area contributed by atoms with E-state index in [0.29, 0.717) is 24.3 Å². The number of carboxylic acids is 1. The first-order chi connectivity index (χ1) is 10.9. The van der Waals surface area contributed by atoms with Crippen molar-refractivity contribution in [2.24, 2.45) is 0 Å². The second-order valence-corrected chi connectivity index (χ2v) is 6.30. The van der Waals surface area contributed by atoms with Gasteiger partial charge in [-0.15, -0.1) is 0 Å². The predicted molar refractivity (Wildman–Crippen MR) is 93.4 cm³/mol. The third-order valence-electron chi connectivity index (χ3n) is 4.00. The van der Waals surface area contributed by atoms with Crippen molar-refractivity contribution in [3.05, 3.63) is 42.0 Å². The molecule has 0 unspecified atom stereocenters. The SMILES string of the molecule is CC(C)N(CCOc1ccc2cc(C(=O)O)ccc2c1)C(C)C. The van der Waals surface area contributed by atoms with Crippen molar-refractivity contribution < 1.29 is 14.6 Å². The molecule has 2 rings (SSSR count). The Morgan fingerprint density at radius 2 is 1.65 bits per heavy atom. The lowest BCUT2D eigenvalue weighted by Crippen LogP contribution is -2.39. The van der Waals surface area contributed by atoms with E-state index in [1.54, 1.807) is 12.1 Å². The summed E-state index contributed by atoms with van der Waals surface area (Å²) in [7, 11) is 0. The van der Waals surface area contributed by atoms with Gasteiger partial charge in [0.2, 0.25) is 0 Å². The normalized spacial score (nSPS) is 11.6. The highest BCUT2D eigenvalue weighted by molar-refractivity contribution is 5.94. The van der Waals surface area contributed by atoms with E-state index in [1.807, 2.05) is 24.3 Å². The minimum atomic E-state index is -0.908. The topological polar surface area (TPSA) is 49.8 Å². The van der Waals surface area contributed by atoms with E-state index in [9.17, 15) is 4.79 Å². The number of rotatable bonds is 7. The summed E-state index contributed by atoms with van der Waals surface area (Å²) < 4.78 is 5.86. The summed E-state index contributed by atoms with van der Waals surface area (Å²) in [6, 6.07) is 11.8. The smallest absolute Gasteiger partial charge is 0.335 e. The van der Waals surface area contributed by atoms with Crippen LogP contribution in [0.15, 0.2) is 36.4 Å². The van der Waals surface area contributed by atoms with Crippen molar-refractivity contribution in [3.63, 3.8) is 0 Å². The molecular formula is C19H25NO3. The highest BCUT2D eigenvalue weighted by Crippen LogP contribution is 2.22. The Kier molecular flexibility index (Phi) is 5.61. The Labute approximate surface area is 137 Å². The fraction of sp³-hybridized carbons (Fsp3) is 0.421. The second kappa shape index (κ2) is 7.47. The van der Waals surface area contributed by atoms with Crippen LogP contribution in [-0.2, 0) is 0 Å². The zero-order valence-electron chi connectivity index (χ0n) is 14.2. The van der Waals surface area contributed by atoms with Gasteiger partial charge in [0.15, 0.2) is 0 Å². The molecule has 0 aliphatic heterocycles. The maximum atomic E-state index is 11.0. The van der Waals surface area contributed by atoms with Crippen molar-refractivity contribution in [1.29, 1.82) is 0 Å². The number of ether oxygens (including phenoxy) is 1. The fourth-order valence-electron chi connectivity index (χ4n) is 2.83. The molecule has 124 valence electrons. The highest BCUT2D eigenvalue weighted by atomic mass is 16.5. The minimum Gasteiger partial charge on any atom is -0.492 e. The van der Waals surface area contributed by atoms with Crippen molar-refractivity contribution in [2.75, 3.05) is 13.2 Å². The number of aromatic carboxylic acids is 1. The van der Waals surface area contributed by atoms with Gasteiger partial charge in [0, 0.05) is 18.6 Å². The Morgan fingerprint density at radius 1 is 1.04 bits per heavy atom. The summed E-state index contributed by atoms with van der Waals surface area (Å²) in [5.41, 5.74) is 0.302. The van der Waals surface area contributed by atoms with Crippen LogP contribution >= 0.6 is 0 Å². The van der Waals surface area contributed by atoms with Crippen LogP contribution < -0.4 is 4.74 Å². The van der Waals surface area contributed by atoms with Crippen LogP contribution in [0.5, 0.6) is 5.75 Å². The summed E-state index contributed by atoms with van der Waals surface area (Å²) in [4.78, 5) is 13.4. The molecule has 0 aliphatic carbocycles. The van der Waals surface area contributed by atoms with Crippen molar-refractivity contribution in [2.45, 2.75) is 39.8 Å². The molecule has 0 radical (unpaired) electrons. The van der Waals surface area contributed by atoms with E-state index >= 15 is 0 Å². The number of benzene rings is 2. The quantitative estimate of drug-likeness (QED) is 0.838. The third-order valence-corrected chi connectivity index (χ3v) is 4.00. The Hall–Kier alpha value is -2.07. The lowest BCUT2D eigenvalue weighted by Gasteiger charge is -2.30. The highest BCUT2D eigenvalue weighted by Gasteiger charge is 2.13. The molecule has 1 N–H and O–H groups in total. The summed E-state index contributed by atoms with van der Waals surface area (Å²) in [5, 5.41) is 10.9. The first kappa shape index (κ1) is 17.3. The molecule has 0 atom stereocenters. The Morgan fingerprint density at radius 3 is 2.26 bits per heavy atom. The van der Waals surface area contributed by atoms with Gasteiger partial charge in [-0.1, -0.05) is 12.1 Å². The molecule has 23 heavy (non-hydrogen) atoms. The number of hydrogen-bond acceptors (Lipinski definition) is 3. The van der Waals surface area contributed by atoms with Crippen molar-refractivity contribution in [3.8, 4) is 5.75 Å². The van der Waals surface area contributed by atoms with Crippen LogP contribution in [0, 0.1) is 0 Å². The standard InChI is InChI=1S/C19H25NO3/c1-13(2)20(14(3)4)9-10-23-18-8-7-15-11-17(19(21)22)6-5-16(15)12-18/h5-8,11-14H,9-10H2,1-4H3,(H,21,22). The maximum absolute atomic E-state index is 11.0. The van der Waals surface area contributed by atoms with E-state index < -0.39 is 5.97 Å². The number of carboxylic acid groups (broad SMARTS) is 1. The second-order valence-electron chi connectivity index (χ2n) is 6.30. The van der Waals surface area contributed by atoms with Crippen LogP contribution in [0.25, 0.3) is 10.8 Å². The molecule has 2 aromatic rings. The van der Waals surface area contributed by atoms with Gasteiger partial charge in [-0.2, -0.15) is 0 Å². The number of hydrogen-bond donors (Lipinski definition) is 1. The lowest BCUT2D eigenvalue weighted by molar-refractivity contribution is 0.0697. The summed E-state index contributed by atoms with van der Waals surface area (Å²) in [5.74, 6) is -0.0947.